The topological polar surface area (TPSA) is 85.2 Å². The van der Waals surface area contributed by atoms with Crippen LogP contribution >= 0.6 is 0 Å². The molecule has 0 radical (unpaired) electrons. The Bertz CT molecular complexity index is 501. The van der Waals surface area contributed by atoms with E-state index in [9.17, 15) is 4.79 Å². The minimum Gasteiger partial charge on any atom is -0.479 e. The molecule has 2 aromatic heterocycles. The Kier molecular flexibility index (Phi) is 2.40. The summed E-state index contributed by atoms with van der Waals surface area (Å²) in [5, 5.41) is 8.41. The zero-order valence-electron chi connectivity index (χ0n) is 7.62. The molecule has 6 heteroatoms. The maximum Gasteiger partial charge on any atom is 0.341 e. The smallest absolute Gasteiger partial charge is 0.341 e. The number of carbonyl (C=O) groups is 1. The van der Waals surface area contributed by atoms with Crippen LogP contribution in [0.15, 0.2) is 24.5 Å². The summed E-state index contributed by atoms with van der Waals surface area (Å²) in [5.74, 6) is -0.818. The second kappa shape index (κ2) is 3.87. The van der Waals surface area contributed by atoms with Gasteiger partial charge >= 0.3 is 5.97 Å². The Balaban J connectivity index is 2.26. The summed E-state index contributed by atoms with van der Waals surface area (Å²) in [6.45, 7) is -0.418. The van der Waals surface area contributed by atoms with Gasteiger partial charge in [0.1, 0.15) is 5.52 Å². The zero-order chi connectivity index (χ0) is 10.7. The van der Waals surface area contributed by atoms with E-state index in [1.54, 1.807) is 18.3 Å². The van der Waals surface area contributed by atoms with Gasteiger partial charge in [0.2, 0.25) is 5.88 Å². The van der Waals surface area contributed by atoms with Gasteiger partial charge in [-0.3, -0.25) is 4.98 Å². The predicted octanol–water partition coefficient (Wildman–Crippen LogP) is 0.488. The minimum absolute atomic E-state index is 0.227. The van der Waals surface area contributed by atoms with Crippen LogP contribution in [0, 0.1) is 0 Å². The highest BCUT2D eigenvalue weighted by atomic mass is 16.5. The lowest BCUT2D eigenvalue weighted by Crippen LogP contribution is -2.10. The number of aliphatic carboxylic acids is 1. The van der Waals surface area contributed by atoms with Crippen molar-refractivity contribution in [2.24, 2.45) is 0 Å². The van der Waals surface area contributed by atoms with Gasteiger partial charge in [-0.25, -0.2) is 9.78 Å². The van der Waals surface area contributed by atoms with E-state index >= 15 is 0 Å². The van der Waals surface area contributed by atoms with Crippen LogP contribution < -0.4 is 4.74 Å². The number of hydrogen-bond acceptors (Lipinski definition) is 5. The summed E-state index contributed by atoms with van der Waals surface area (Å²) in [6, 6.07) is 3.23. The minimum atomic E-state index is -1.05. The molecular weight excluding hydrogens is 198 g/mol. The summed E-state index contributed by atoms with van der Waals surface area (Å²) in [4.78, 5) is 22.2. The maximum atomic E-state index is 10.3. The number of fused-ring (bicyclic) bond motifs is 1. The lowest BCUT2D eigenvalue weighted by atomic mass is 10.4. The number of ether oxygens (including phenoxy) is 1. The molecule has 0 atom stereocenters. The van der Waals surface area contributed by atoms with Gasteiger partial charge in [0.25, 0.3) is 0 Å². The number of aromatic nitrogens is 3. The SMILES string of the molecule is O=C(O)COc1ccc2nccnc2n1. The molecule has 76 valence electrons. The van der Waals surface area contributed by atoms with Crippen LogP contribution in [0.5, 0.6) is 5.88 Å². The van der Waals surface area contributed by atoms with Crippen molar-refractivity contribution >= 4 is 17.1 Å². The zero-order valence-corrected chi connectivity index (χ0v) is 7.62. The number of carboxylic acids is 1. The molecule has 2 rings (SSSR count). The molecule has 0 aliphatic heterocycles. The number of carboxylic acid groups (broad SMARTS) is 1. The largest absolute Gasteiger partial charge is 0.479 e. The number of nitrogens with zero attached hydrogens (tertiary/aromatic N) is 3. The fourth-order valence-corrected chi connectivity index (χ4v) is 1.05. The van der Waals surface area contributed by atoms with Crippen molar-refractivity contribution in [3.05, 3.63) is 24.5 Å². The Morgan fingerprint density at radius 2 is 2.13 bits per heavy atom. The van der Waals surface area contributed by atoms with Crippen LogP contribution in [0.25, 0.3) is 11.2 Å². The molecule has 0 spiro atoms. The van der Waals surface area contributed by atoms with Crippen molar-refractivity contribution in [2.75, 3.05) is 6.61 Å². The van der Waals surface area contributed by atoms with Gasteiger partial charge in [-0.15, -0.1) is 0 Å². The van der Waals surface area contributed by atoms with Gasteiger partial charge in [0.05, 0.1) is 0 Å². The summed E-state index contributed by atoms with van der Waals surface area (Å²) in [7, 11) is 0. The Labute approximate surface area is 84.6 Å². The van der Waals surface area contributed by atoms with Crippen LogP contribution in [-0.4, -0.2) is 32.6 Å². The van der Waals surface area contributed by atoms with Gasteiger partial charge in [0.15, 0.2) is 12.3 Å². The van der Waals surface area contributed by atoms with E-state index < -0.39 is 12.6 Å². The van der Waals surface area contributed by atoms with Gasteiger partial charge in [-0.1, -0.05) is 0 Å². The average molecular weight is 205 g/mol. The van der Waals surface area contributed by atoms with Crippen molar-refractivity contribution in [3.63, 3.8) is 0 Å². The van der Waals surface area contributed by atoms with Gasteiger partial charge in [-0.05, 0) is 6.07 Å². The second-order valence-corrected chi connectivity index (χ2v) is 2.73. The molecule has 0 bridgehead atoms. The molecular formula is C9H7N3O3. The molecule has 1 N–H and O–H groups in total. The van der Waals surface area contributed by atoms with E-state index in [4.69, 9.17) is 9.84 Å². The van der Waals surface area contributed by atoms with Crippen LogP contribution in [0.1, 0.15) is 0 Å². The van der Waals surface area contributed by atoms with Crippen LogP contribution in [0.2, 0.25) is 0 Å². The molecule has 0 amide bonds. The fourth-order valence-electron chi connectivity index (χ4n) is 1.05. The average Bonchev–Trinajstić information content (AvgIpc) is 2.26. The van der Waals surface area contributed by atoms with Gasteiger partial charge in [0, 0.05) is 18.5 Å². The molecule has 2 aromatic rings. The fraction of sp³-hybridized carbons (Fsp3) is 0.111. The first-order chi connectivity index (χ1) is 7.25. The molecule has 2 heterocycles. The van der Waals surface area contributed by atoms with Gasteiger partial charge in [-0.2, -0.15) is 4.98 Å². The highest BCUT2D eigenvalue weighted by Gasteiger charge is 2.02. The Morgan fingerprint density at radius 1 is 1.33 bits per heavy atom. The quantitative estimate of drug-likeness (QED) is 0.784. The molecule has 0 aliphatic rings. The molecule has 0 aliphatic carbocycles. The van der Waals surface area contributed by atoms with Crippen molar-refractivity contribution < 1.29 is 14.6 Å². The first-order valence-corrected chi connectivity index (χ1v) is 4.18. The first-order valence-electron chi connectivity index (χ1n) is 4.18. The summed E-state index contributed by atoms with van der Waals surface area (Å²) < 4.78 is 4.90. The third kappa shape index (κ3) is 2.16. The lowest BCUT2D eigenvalue weighted by Gasteiger charge is -2.01. The maximum absolute atomic E-state index is 10.3. The monoisotopic (exact) mass is 205 g/mol. The number of pyridine rings is 1. The van der Waals surface area contributed by atoms with E-state index in [1.807, 2.05) is 0 Å². The van der Waals surface area contributed by atoms with E-state index in [2.05, 4.69) is 15.0 Å². The predicted molar refractivity (Wildman–Crippen MR) is 50.5 cm³/mol. The van der Waals surface area contributed by atoms with Crippen molar-refractivity contribution in [3.8, 4) is 5.88 Å². The molecule has 0 saturated carbocycles. The van der Waals surface area contributed by atoms with E-state index in [-0.39, 0.29) is 5.88 Å². The molecule has 0 unspecified atom stereocenters. The number of rotatable bonds is 3. The van der Waals surface area contributed by atoms with Gasteiger partial charge < -0.3 is 9.84 Å². The standard InChI is InChI=1S/C9H7N3O3/c13-8(14)5-15-7-2-1-6-9(12-7)11-4-3-10-6/h1-4H,5H2,(H,13,14). The summed E-state index contributed by atoms with van der Waals surface area (Å²) >= 11 is 0. The highest BCUT2D eigenvalue weighted by molar-refractivity contribution is 5.70. The Morgan fingerprint density at radius 3 is 2.93 bits per heavy atom. The summed E-state index contributed by atoms with van der Waals surface area (Å²) in [5.41, 5.74) is 1.07. The highest BCUT2D eigenvalue weighted by Crippen LogP contribution is 2.11. The third-order valence-corrected chi connectivity index (χ3v) is 1.65. The Hall–Kier alpha value is -2.24. The third-order valence-electron chi connectivity index (χ3n) is 1.65. The van der Waals surface area contributed by atoms with Crippen molar-refractivity contribution in [1.82, 2.24) is 15.0 Å². The van der Waals surface area contributed by atoms with E-state index in [0.717, 1.165) is 0 Å². The van der Waals surface area contributed by atoms with E-state index in [0.29, 0.717) is 11.2 Å². The van der Waals surface area contributed by atoms with Crippen LogP contribution in [0.4, 0.5) is 0 Å². The number of hydrogen-bond donors (Lipinski definition) is 1. The molecule has 0 aromatic carbocycles. The molecule has 15 heavy (non-hydrogen) atoms. The lowest BCUT2D eigenvalue weighted by molar-refractivity contribution is -0.139. The normalized spacial score (nSPS) is 10.1. The van der Waals surface area contributed by atoms with E-state index in [1.165, 1.54) is 6.20 Å². The molecule has 0 saturated heterocycles. The van der Waals surface area contributed by atoms with Crippen molar-refractivity contribution in [2.45, 2.75) is 0 Å². The second-order valence-electron chi connectivity index (χ2n) is 2.73. The molecule has 6 nitrogen and oxygen atoms in total. The first kappa shape index (κ1) is 9.32. The van der Waals surface area contributed by atoms with Crippen LogP contribution in [-0.2, 0) is 4.79 Å². The van der Waals surface area contributed by atoms with Crippen molar-refractivity contribution in [1.29, 1.82) is 0 Å². The van der Waals surface area contributed by atoms with Crippen LogP contribution in [0.3, 0.4) is 0 Å². The molecule has 0 fully saturated rings. The summed E-state index contributed by atoms with van der Waals surface area (Å²) in [6.07, 6.45) is 3.07.